The van der Waals surface area contributed by atoms with Gasteiger partial charge in [0.15, 0.2) is 0 Å². The molecule has 0 amide bonds. The third-order valence-electron chi connectivity index (χ3n) is 6.98. The van der Waals surface area contributed by atoms with Crippen LogP contribution < -0.4 is 0 Å². The molecule has 7 heteroatoms. The van der Waals surface area contributed by atoms with Gasteiger partial charge >= 0.3 is 0 Å². The lowest BCUT2D eigenvalue weighted by molar-refractivity contribution is 0.256. The number of nitrogens with zero attached hydrogens (tertiary/aromatic N) is 3. The Balaban J connectivity index is 1.54. The average molecular weight is 475 g/mol. The second-order valence-corrected chi connectivity index (χ2v) is 11.3. The number of aromatic nitrogens is 3. The molecule has 1 aromatic carbocycles. The predicted octanol–water partition coefficient (Wildman–Crippen LogP) is 4.87. The molecule has 1 atom stereocenters. The Bertz CT molecular complexity index is 1330. The SMILES string of the molecule is Cc1ccc2c(c1)C=C(C/C=C/c1cnc[nH]1)c1cccnc1C2C1CCN(S(C)(=O)=O)CC1. The zero-order valence-electron chi connectivity index (χ0n) is 19.6. The van der Waals surface area contributed by atoms with E-state index in [0.717, 1.165) is 30.7 Å². The Morgan fingerprint density at radius 2 is 2.03 bits per heavy atom. The smallest absolute Gasteiger partial charge is 0.211 e. The maximum atomic E-state index is 12.1. The van der Waals surface area contributed by atoms with E-state index in [1.54, 1.807) is 10.6 Å². The number of pyridine rings is 1. The lowest BCUT2D eigenvalue weighted by Crippen LogP contribution is -2.39. The summed E-state index contributed by atoms with van der Waals surface area (Å²) in [5, 5.41) is 0. The van der Waals surface area contributed by atoms with Crippen LogP contribution in [0.3, 0.4) is 0 Å². The first-order valence-corrected chi connectivity index (χ1v) is 13.6. The van der Waals surface area contributed by atoms with E-state index < -0.39 is 10.0 Å². The molecule has 1 N–H and O–H groups in total. The highest BCUT2D eigenvalue weighted by Gasteiger charge is 2.35. The molecule has 1 fully saturated rings. The van der Waals surface area contributed by atoms with Crippen LogP contribution in [0.5, 0.6) is 0 Å². The Morgan fingerprint density at radius 3 is 2.76 bits per heavy atom. The summed E-state index contributed by atoms with van der Waals surface area (Å²) in [5.41, 5.74) is 8.25. The third kappa shape index (κ3) is 4.63. The van der Waals surface area contributed by atoms with Crippen molar-refractivity contribution >= 4 is 27.7 Å². The van der Waals surface area contributed by atoms with E-state index in [1.165, 1.54) is 34.1 Å². The van der Waals surface area contributed by atoms with Gasteiger partial charge in [0.05, 0.1) is 30.2 Å². The summed E-state index contributed by atoms with van der Waals surface area (Å²) in [4.78, 5) is 12.1. The third-order valence-corrected chi connectivity index (χ3v) is 8.28. The maximum absolute atomic E-state index is 12.1. The van der Waals surface area contributed by atoms with Crippen LogP contribution >= 0.6 is 0 Å². The number of hydrogen-bond donors (Lipinski definition) is 1. The van der Waals surface area contributed by atoms with Gasteiger partial charge in [0.1, 0.15) is 0 Å². The van der Waals surface area contributed by atoms with Crippen molar-refractivity contribution in [2.45, 2.75) is 32.1 Å². The molecule has 0 saturated carbocycles. The van der Waals surface area contributed by atoms with Crippen molar-refractivity contribution in [3.8, 4) is 0 Å². The summed E-state index contributed by atoms with van der Waals surface area (Å²) in [6.45, 7) is 3.26. The monoisotopic (exact) mass is 474 g/mol. The molecule has 6 nitrogen and oxygen atoms in total. The maximum Gasteiger partial charge on any atom is 0.211 e. The average Bonchev–Trinajstić information content (AvgIpc) is 3.29. The van der Waals surface area contributed by atoms with E-state index in [9.17, 15) is 8.42 Å². The zero-order valence-corrected chi connectivity index (χ0v) is 20.4. The first kappa shape index (κ1) is 22.7. The van der Waals surface area contributed by atoms with E-state index in [2.05, 4.69) is 59.4 Å². The van der Waals surface area contributed by atoms with Crippen LogP contribution in [0.15, 0.2) is 55.1 Å². The minimum Gasteiger partial charge on any atom is -0.345 e. The molecule has 2 aromatic heterocycles. The van der Waals surface area contributed by atoms with Crippen molar-refractivity contribution in [1.82, 2.24) is 19.3 Å². The molecule has 176 valence electrons. The molecule has 1 aliphatic heterocycles. The van der Waals surface area contributed by atoms with Gasteiger partial charge in [-0.15, -0.1) is 0 Å². The van der Waals surface area contributed by atoms with Gasteiger partial charge in [0.2, 0.25) is 10.0 Å². The number of piperidine rings is 1. The number of rotatable bonds is 5. The lowest BCUT2D eigenvalue weighted by atomic mass is 9.76. The summed E-state index contributed by atoms with van der Waals surface area (Å²) in [6.07, 6.45) is 15.7. The van der Waals surface area contributed by atoms with Crippen molar-refractivity contribution in [3.05, 3.63) is 88.8 Å². The molecular weight excluding hydrogens is 444 g/mol. The Kier molecular flexibility index (Phi) is 6.23. The topological polar surface area (TPSA) is 79.0 Å². The molecule has 1 aliphatic carbocycles. The first-order valence-electron chi connectivity index (χ1n) is 11.8. The minimum absolute atomic E-state index is 0.138. The Hall–Kier alpha value is -3.03. The number of allylic oxidation sites excluding steroid dienone is 2. The van der Waals surface area contributed by atoms with Gasteiger partial charge < -0.3 is 4.98 Å². The summed E-state index contributed by atoms with van der Waals surface area (Å²) in [7, 11) is -3.16. The van der Waals surface area contributed by atoms with Gasteiger partial charge in [0, 0.05) is 30.8 Å². The number of imidazole rings is 1. The number of fused-ring (bicyclic) bond motifs is 2. The van der Waals surface area contributed by atoms with Crippen LogP contribution in [-0.4, -0.2) is 47.0 Å². The molecule has 3 heterocycles. The van der Waals surface area contributed by atoms with Gasteiger partial charge in [-0.3, -0.25) is 4.98 Å². The molecule has 1 unspecified atom stereocenters. The van der Waals surface area contributed by atoms with Crippen LogP contribution in [0.4, 0.5) is 0 Å². The molecule has 3 aromatic rings. The highest BCUT2D eigenvalue weighted by molar-refractivity contribution is 7.88. The van der Waals surface area contributed by atoms with Crippen LogP contribution in [0.1, 0.15) is 58.8 Å². The van der Waals surface area contributed by atoms with E-state index >= 15 is 0 Å². The van der Waals surface area contributed by atoms with Gasteiger partial charge in [0.25, 0.3) is 0 Å². The number of hydrogen-bond acceptors (Lipinski definition) is 4. The van der Waals surface area contributed by atoms with Crippen molar-refractivity contribution < 1.29 is 8.42 Å². The Morgan fingerprint density at radius 1 is 1.21 bits per heavy atom. The number of benzene rings is 1. The normalized spacial score (nSPS) is 19.5. The largest absolute Gasteiger partial charge is 0.345 e. The zero-order chi connectivity index (χ0) is 23.7. The number of nitrogens with one attached hydrogen (secondary N) is 1. The van der Waals surface area contributed by atoms with Crippen LogP contribution in [0.2, 0.25) is 0 Å². The molecule has 0 radical (unpaired) electrons. The number of H-pyrrole nitrogens is 1. The molecular formula is C27H30N4O2S. The van der Waals surface area contributed by atoms with E-state index in [-0.39, 0.29) is 5.92 Å². The van der Waals surface area contributed by atoms with Gasteiger partial charge in [-0.25, -0.2) is 17.7 Å². The van der Waals surface area contributed by atoms with E-state index in [1.807, 2.05) is 18.5 Å². The van der Waals surface area contributed by atoms with Crippen LogP contribution in [0.25, 0.3) is 17.7 Å². The fourth-order valence-electron chi connectivity index (χ4n) is 5.31. The fourth-order valence-corrected chi connectivity index (χ4v) is 6.18. The summed E-state index contributed by atoms with van der Waals surface area (Å²) < 4.78 is 25.8. The molecule has 0 spiro atoms. The highest BCUT2D eigenvalue weighted by atomic mass is 32.2. The standard InChI is InChI=1S/C27H30N4O2S/c1-19-8-9-24-22(15-19)16-21(5-3-6-23-17-28-18-30-23)25-7-4-12-29-27(25)26(24)20-10-13-31(14-11-20)34(2,32)33/h3-4,6-9,12,15-18,20,26H,5,10-11,13-14H2,1-2H3,(H,28,30)/b6-3+. The van der Waals surface area contributed by atoms with Crippen molar-refractivity contribution in [2.24, 2.45) is 5.92 Å². The van der Waals surface area contributed by atoms with E-state index in [0.29, 0.717) is 19.0 Å². The molecule has 2 aliphatic rings. The first-order chi connectivity index (χ1) is 16.4. The molecule has 0 bridgehead atoms. The van der Waals surface area contributed by atoms with Crippen molar-refractivity contribution in [1.29, 1.82) is 0 Å². The fraction of sp³-hybridized carbons (Fsp3) is 0.333. The summed E-state index contributed by atoms with van der Waals surface area (Å²) in [5.74, 6) is 0.472. The quantitative estimate of drug-likeness (QED) is 0.572. The highest BCUT2D eigenvalue weighted by Crippen LogP contribution is 2.45. The number of aromatic amines is 1. The van der Waals surface area contributed by atoms with Gasteiger partial charge in [-0.2, -0.15) is 0 Å². The summed E-state index contributed by atoms with van der Waals surface area (Å²) in [6, 6.07) is 10.9. The van der Waals surface area contributed by atoms with Crippen molar-refractivity contribution in [3.63, 3.8) is 0 Å². The van der Waals surface area contributed by atoms with Gasteiger partial charge in [-0.1, -0.05) is 42.0 Å². The second kappa shape index (κ2) is 9.31. The lowest BCUT2D eigenvalue weighted by Gasteiger charge is -2.35. The minimum atomic E-state index is -3.16. The van der Waals surface area contributed by atoms with E-state index in [4.69, 9.17) is 4.98 Å². The van der Waals surface area contributed by atoms with Crippen LogP contribution in [0, 0.1) is 12.8 Å². The second-order valence-electron chi connectivity index (χ2n) is 9.33. The predicted molar refractivity (Wildman–Crippen MR) is 137 cm³/mol. The Labute approximate surface area is 201 Å². The molecule has 1 saturated heterocycles. The number of aryl methyl sites for hydroxylation is 1. The van der Waals surface area contributed by atoms with Crippen molar-refractivity contribution in [2.75, 3.05) is 19.3 Å². The number of sulfonamides is 1. The van der Waals surface area contributed by atoms with Gasteiger partial charge in [-0.05, 0) is 60.9 Å². The summed E-state index contributed by atoms with van der Waals surface area (Å²) >= 11 is 0. The molecule has 5 rings (SSSR count). The van der Waals surface area contributed by atoms with Crippen LogP contribution in [-0.2, 0) is 10.0 Å². The molecule has 34 heavy (non-hydrogen) atoms.